The van der Waals surface area contributed by atoms with Gasteiger partial charge in [0, 0.05) is 32.5 Å². The number of rotatable bonds is 3. The smallest absolute Gasteiger partial charge is 0.252 e. The third-order valence-electron chi connectivity index (χ3n) is 2.29. The summed E-state index contributed by atoms with van der Waals surface area (Å²) in [5, 5.41) is 4.98. The summed E-state index contributed by atoms with van der Waals surface area (Å²) in [7, 11) is 1.86. The fourth-order valence-electron chi connectivity index (χ4n) is 1.54. The molecule has 14 heavy (non-hydrogen) atoms. The molecule has 0 saturated carbocycles. The highest BCUT2D eigenvalue weighted by Gasteiger charge is 2.27. The highest BCUT2D eigenvalue weighted by molar-refractivity contribution is 5.83. The minimum atomic E-state index is -0.102. The maximum atomic E-state index is 11.3. The Morgan fingerprint density at radius 2 is 2.57 bits per heavy atom. The van der Waals surface area contributed by atoms with Crippen LogP contribution < -0.4 is 10.7 Å². The van der Waals surface area contributed by atoms with E-state index < -0.39 is 0 Å². The Hall–Kier alpha value is -1.33. The van der Waals surface area contributed by atoms with Crippen LogP contribution in [0.5, 0.6) is 0 Å². The number of hydrogen-bond donors (Lipinski definition) is 3. The number of amides is 1. The number of carbonyl (C=O) groups excluding carboxylic acids is 1. The van der Waals surface area contributed by atoms with Gasteiger partial charge in [-0.05, 0) is 11.6 Å². The van der Waals surface area contributed by atoms with E-state index in [4.69, 9.17) is 0 Å². The average molecular weight is 194 g/mol. The van der Waals surface area contributed by atoms with E-state index in [-0.39, 0.29) is 11.9 Å². The molecule has 2 rings (SSSR count). The molecule has 5 nitrogen and oxygen atoms in total. The SMILES string of the molecule is CN1CC(NCc2cc[nH]c2)C(=O)N1. The first kappa shape index (κ1) is 9.23. The fraction of sp³-hybridized carbons (Fsp3) is 0.444. The Labute approximate surface area is 82.5 Å². The lowest BCUT2D eigenvalue weighted by Gasteiger charge is -2.08. The van der Waals surface area contributed by atoms with Crippen LogP contribution in [0.25, 0.3) is 0 Å². The van der Waals surface area contributed by atoms with Gasteiger partial charge in [-0.15, -0.1) is 0 Å². The molecule has 1 fully saturated rings. The van der Waals surface area contributed by atoms with Crippen molar-refractivity contribution in [1.29, 1.82) is 0 Å². The van der Waals surface area contributed by atoms with E-state index in [1.165, 1.54) is 0 Å². The standard InChI is InChI=1S/C9H14N4O/c1-13-6-8(9(14)12-13)11-5-7-2-3-10-4-7/h2-4,8,10-11H,5-6H2,1H3,(H,12,14). The Morgan fingerprint density at radius 3 is 3.14 bits per heavy atom. The van der Waals surface area contributed by atoms with Crippen LogP contribution in [0.3, 0.4) is 0 Å². The van der Waals surface area contributed by atoms with Crippen LogP contribution >= 0.6 is 0 Å². The van der Waals surface area contributed by atoms with Crippen LogP contribution in [-0.2, 0) is 11.3 Å². The van der Waals surface area contributed by atoms with Crippen LogP contribution in [0.4, 0.5) is 0 Å². The van der Waals surface area contributed by atoms with Crippen molar-refractivity contribution in [1.82, 2.24) is 20.7 Å². The zero-order chi connectivity index (χ0) is 9.97. The Balaban J connectivity index is 1.84. The number of likely N-dealkylation sites (N-methyl/N-ethyl adjacent to an activating group) is 1. The lowest BCUT2D eigenvalue weighted by atomic mass is 10.2. The molecule has 1 aliphatic heterocycles. The van der Waals surface area contributed by atoms with Crippen LogP contribution in [0, 0.1) is 0 Å². The first-order valence-corrected chi connectivity index (χ1v) is 4.62. The molecule has 1 saturated heterocycles. The molecule has 0 aliphatic carbocycles. The molecule has 2 heterocycles. The van der Waals surface area contributed by atoms with E-state index in [1.54, 1.807) is 5.01 Å². The first-order valence-electron chi connectivity index (χ1n) is 4.62. The van der Waals surface area contributed by atoms with Crippen molar-refractivity contribution in [3.63, 3.8) is 0 Å². The van der Waals surface area contributed by atoms with E-state index >= 15 is 0 Å². The zero-order valence-corrected chi connectivity index (χ0v) is 8.08. The second-order valence-electron chi connectivity index (χ2n) is 3.51. The van der Waals surface area contributed by atoms with E-state index in [2.05, 4.69) is 15.7 Å². The summed E-state index contributed by atoms with van der Waals surface area (Å²) in [6.07, 6.45) is 3.79. The topological polar surface area (TPSA) is 60.2 Å². The monoisotopic (exact) mass is 194 g/mol. The molecular weight excluding hydrogens is 180 g/mol. The van der Waals surface area contributed by atoms with Gasteiger partial charge in [0.1, 0.15) is 6.04 Å². The van der Waals surface area contributed by atoms with Gasteiger partial charge in [0.15, 0.2) is 0 Å². The first-order chi connectivity index (χ1) is 6.75. The molecule has 1 aromatic heterocycles. The molecule has 1 atom stereocenters. The molecule has 1 aromatic rings. The van der Waals surface area contributed by atoms with Crippen molar-refractivity contribution >= 4 is 5.91 Å². The Kier molecular flexibility index (Phi) is 2.51. The van der Waals surface area contributed by atoms with Gasteiger partial charge in [0.25, 0.3) is 5.91 Å². The van der Waals surface area contributed by atoms with Crippen LogP contribution in [0.1, 0.15) is 5.56 Å². The predicted molar refractivity (Wildman–Crippen MR) is 52.2 cm³/mol. The number of hydrogen-bond acceptors (Lipinski definition) is 3. The minimum absolute atomic E-state index is 0.0445. The summed E-state index contributed by atoms with van der Waals surface area (Å²) >= 11 is 0. The number of hydrazine groups is 1. The summed E-state index contributed by atoms with van der Waals surface area (Å²) in [5.41, 5.74) is 3.88. The molecule has 1 aliphatic rings. The zero-order valence-electron chi connectivity index (χ0n) is 8.08. The van der Waals surface area contributed by atoms with Gasteiger partial charge in [-0.25, -0.2) is 5.01 Å². The average Bonchev–Trinajstić information content (AvgIpc) is 2.72. The highest BCUT2D eigenvalue weighted by atomic mass is 16.2. The third-order valence-corrected chi connectivity index (χ3v) is 2.29. The third kappa shape index (κ3) is 1.94. The maximum Gasteiger partial charge on any atom is 0.252 e. The molecule has 1 unspecified atom stereocenters. The lowest BCUT2D eigenvalue weighted by molar-refractivity contribution is -0.122. The van der Waals surface area contributed by atoms with Crippen molar-refractivity contribution < 1.29 is 4.79 Å². The van der Waals surface area contributed by atoms with Crippen molar-refractivity contribution in [2.45, 2.75) is 12.6 Å². The second-order valence-corrected chi connectivity index (χ2v) is 3.51. The van der Waals surface area contributed by atoms with E-state index in [9.17, 15) is 4.79 Å². The Morgan fingerprint density at radius 1 is 1.71 bits per heavy atom. The molecule has 0 bridgehead atoms. The molecule has 0 spiro atoms. The fourth-order valence-corrected chi connectivity index (χ4v) is 1.54. The summed E-state index contributed by atoms with van der Waals surface area (Å²) in [6, 6.07) is 1.89. The van der Waals surface area contributed by atoms with Crippen molar-refractivity contribution in [2.75, 3.05) is 13.6 Å². The maximum absolute atomic E-state index is 11.3. The van der Waals surface area contributed by atoms with Crippen LogP contribution in [0.2, 0.25) is 0 Å². The van der Waals surface area contributed by atoms with E-state index in [0.717, 1.165) is 12.1 Å². The van der Waals surface area contributed by atoms with Gasteiger partial charge in [-0.3, -0.25) is 10.2 Å². The van der Waals surface area contributed by atoms with Crippen LogP contribution in [-0.4, -0.2) is 35.5 Å². The normalized spacial score (nSPS) is 22.6. The number of nitrogens with zero attached hydrogens (tertiary/aromatic N) is 1. The van der Waals surface area contributed by atoms with Gasteiger partial charge >= 0.3 is 0 Å². The summed E-state index contributed by atoms with van der Waals surface area (Å²) in [4.78, 5) is 14.3. The number of carbonyl (C=O) groups is 1. The Bertz CT molecular complexity index is 309. The second kappa shape index (κ2) is 3.81. The number of aromatic nitrogens is 1. The highest BCUT2D eigenvalue weighted by Crippen LogP contribution is 2.00. The molecular formula is C9H14N4O. The van der Waals surface area contributed by atoms with Crippen molar-refractivity contribution in [3.8, 4) is 0 Å². The number of aromatic amines is 1. The molecule has 3 N–H and O–H groups in total. The molecule has 76 valence electrons. The number of H-pyrrole nitrogens is 1. The molecule has 0 radical (unpaired) electrons. The van der Waals surface area contributed by atoms with Gasteiger partial charge in [-0.2, -0.15) is 0 Å². The predicted octanol–water partition coefficient (Wildman–Crippen LogP) is -0.551. The minimum Gasteiger partial charge on any atom is -0.367 e. The van der Waals surface area contributed by atoms with Crippen LogP contribution in [0.15, 0.2) is 18.5 Å². The van der Waals surface area contributed by atoms with Crippen molar-refractivity contribution in [2.24, 2.45) is 0 Å². The summed E-state index contributed by atoms with van der Waals surface area (Å²) in [6.45, 7) is 1.43. The molecule has 0 aromatic carbocycles. The van der Waals surface area contributed by atoms with Gasteiger partial charge in [0.2, 0.25) is 0 Å². The van der Waals surface area contributed by atoms with E-state index in [1.807, 2.05) is 25.5 Å². The molecule has 5 heteroatoms. The summed E-state index contributed by atoms with van der Waals surface area (Å²) < 4.78 is 0. The largest absolute Gasteiger partial charge is 0.367 e. The quantitative estimate of drug-likeness (QED) is 0.605. The van der Waals surface area contributed by atoms with Crippen molar-refractivity contribution in [3.05, 3.63) is 24.0 Å². The van der Waals surface area contributed by atoms with E-state index in [0.29, 0.717) is 6.54 Å². The lowest BCUT2D eigenvalue weighted by Crippen LogP contribution is -2.37. The summed E-state index contributed by atoms with van der Waals surface area (Å²) in [5.74, 6) is 0.0445. The van der Waals surface area contributed by atoms with Gasteiger partial charge in [-0.1, -0.05) is 0 Å². The van der Waals surface area contributed by atoms with Gasteiger partial charge < -0.3 is 10.3 Å². The van der Waals surface area contributed by atoms with Gasteiger partial charge in [0.05, 0.1) is 0 Å². The molecule has 1 amide bonds. The number of nitrogens with one attached hydrogen (secondary N) is 3.